The van der Waals surface area contributed by atoms with Crippen molar-refractivity contribution in [3.63, 3.8) is 0 Å². The van der Waals surface area contributed by atoms with Gasteiger partial charge in [0.15, 0.2) is 0 Å². The van der Waals surface area contributed by atoms with Gasteiger partial charge in [-0.3, -0.25) is 0 Å². The molecule has 22 heavy (non-hydrogen) atoms. The van der Waals surface area contributed by atoms with Crippen molar-refractivity contribution in [2.75, 3.05) is 20.1 Å². The van der Waals surface area contributed by atoms with Crippen molar-refractivity contribution >= 4 is 10.8 Å². The summed E-state index contributed by atoms with van der Waals surface area (Å²) in [5.41, 5.74) is 0.734. The number of nitriles is 1. The van der Waals surface area contributed by atoms with Crippen LogP contribution in [0.25, 0.3) is 10.8 Å². The summed E-state index contributed by atoms with van der Waals surface area (Å²) >= 11 is 0. The second kappa shape index (κ2) is 6.94. The molecule has 0 aliphatic rings. The van der Waals surface area contributed by atoms with Crippen LogP contribution in [0.2, 0.25) is 0 Å². The van der Waals surface area contributed by atoms with Gasteiger partial charge in [-0.25, -0.2) is 0 Å². The van der Waals surface area contributed by atoms with Gasteiger partial charge in [0.2, 0.25) is 0 Å². The van der Waals surface area contributed by atoms with Gasteiger partial charge in [-0.1, -0.05) is 63.2 Å². The third-order valence-corrected chi connectivity index (χ3v) is 4.88. The van der Waals surface area contributed by atoms with Crippen LogP contribution in [0.4, 0.5) is 0 Å². The van der Waals surface area contributed by atoms with E-state index in [0.717, 1.165) is 19.5 Å². The molecule has 0 saturated carbocycles. The smallest absolute Gasteiger partial charge is 0.0863 e. The molecular weight excluding hydrogens is 268 g/mol. The van der Waals surface area contributed by atoms with Crippen molar-refractivity contribution < 1.29 is 0 Å². The highest BCUT2D eigenvalue weighted by Crippen LogP contribution is 2.39. The fraction of sp³-hybridized carbons (Fsp3) is 0.450. The van der Waals surface area contributed by atoms with Gasteiger partial charge in [0.25, 0.3) is 0 Å². The molecule has 0 aromatic heterocycles. The summed E-state index contributed by atoms with van der Waals surface area (Å²) in [5.74, 6) is 0.272. The maximum Gasteiger partial charge on any atom is 0.0863 e. The zero-order valence-corrected chi connectivity index (χ0v) is 14.1. The first-order chi connectivity index (χ1) is 10.5. The summed E-state index contributed by atoms with van der Waals surface area (Å²) in [4.78, 5) is 2.28. The molecule has 0 fully saturated rings. The van der Waals surface area contributed by atoms with Crippen molar-refractivity contribution in [2.45, 2.75) is 32.6 Å². The van der Waals surface area contributed by atoms with Gasteiger partial charge in [-0.2, -0.15) is 5.26 Å². The van der Waals surface area contributed by atoms with Crippen LogP contribution >= 0.6 is 0 Å². The van der Waals surface area contributed by atoms with Crippen molar-refractivity contribution in [1.82, 2.24) is 4.90 Å². The molecule has 0 aliphatic carbocycles. The van der Waals surface area contributed by atoms with Crippen LogP contribution < -0.4 is 0 Å². The molecule has 116 valence electrons. The van der Waals surface area contributed by atoms with Crippen molar-refractivity contribution in [3.8, 4) is 6.07 Å². The Balaban J connectivity index is 2.55. The highest BCUT2D eigenvalue weighted by molar-refractivity contribution is 5.87. The van der Waals surface area contributed by atoms with E-state index in [1.165, 1.54) is 16.3 Å². The molecule has 0 N–H and O–H groups in total. The average molecular weight is 294 g/mol. The van der Waals surface area contributed by atoms with E-state index >= 15 is 0 Å². The molecular formula is C20H26N2. The molecule has 0 saturated heterocycles. The molecule has 0 unspecified atom stereocenters. The Morgan fingerprint density at radius 2 is 1.82 bits per heavy atom. The summed E-state index contributed by atoms with van der Waals surface area (Å²) < 4.78 is 0. The van der Waals surface area contributed by atoms with E-state index in [4.69, 9.17) is 0 Å². The van der Waals surface area contributed by atoms with Gasteiger partial charge >= 0.3 is 0 Å². The third-order valence-electron chi connectivity index (χ3n) is 4.88. The largest absolute Gasteiger partial charge is 0.307 e. The Morgan fingerprint density at radius 3 is 2.45 bits per heavy atom. The first-order valence-corrected chi connectivity index (χ1v) is 8.13. The number of rotatable bonds is 6. The molecule has 2 rings (SSSR count). The lowest BCUT2D eigenvalue weighted by molar-refractivity contribution is 0.281. The maximum absolute atomic E-state index is 10.1. The minimum atomic E-state index is -0.440. The number of nitrogens with zero attached hydrogens (tertiary/aromatic N) is 2. The predicted octanol–water partition coefficient (Wildman–Crippen LogP) is 4.60. The standard InChI is InChI=1S/C20H26N2/c1-5-22(4)14-13-20(15-21,16(2)3)19-12-8-10-17-9-6-7-11-18(17)19/h6-12,16H,5,13-14H2,1-4H3/t20-/m0/s1. The summed E-state index contributed by atoms with van der Waals surface area (Å²) in [6.45, 7) is 8.43. The fourth-order valence-corrected chi connectivity index (χ4v) is 3.12. The van der Waals surface area contributed by atoms with E-state index in [9.17, 15) is 5.26 Å². The topological polar surface area (TPSA) is 27.0 Å². The highest BCUT2D eigenvalue weighted by atomic mass is 15.1. The molecule has 0 amide bonds. The molecule has 2 aromatic carbocycles. The van der Waals surface area contributed by atoms with Crippen molar-refractivity contribution in [3.05, 3.63) is 48.0 Å². The monoisotopic (exact) mass is 294 g/mol. The minimum absolute atomic E-state index is 0.272. The minimum Gasteiger partial charge on any atom is -0.307 e. The van der Waals surface area contributed by atoms with Gasteiger partial charge in [-0.15, -0.1) is 0 Å². The van der Waals surface area contributed by atoms with Gasteiger partial charge in [-0.05, 0) is 48.8 Å². The average Bonchev–Trinajstić information content (AvgIpc) is 2.55. The van der Waals surface area contributed by atoms with Crippen LogP contribution in [0.1, 0.15) is 32.8 Å². The molecule has 0 spiro atoms. The zero-order chi connectivity index (χ0) is 16.2. The summed E-state index contributed by atoms with van der Waals surface area (Å²) in [6.07, 6.45) is 0.861. The number of fused-ring (bicyclic) bond motifs is 1. The van der Waals surface area contributed by atoms with Crippen LogP contribution in [-0.4, -0.2) is 25.0 Å². The molecule has 2 aromatic rings. The molecule has 1 atom stereocenters. The van der Waals surface area contributed by atoms with Crippen LogP contribution in [0, 0.1) is 17.2 Å². The molecule has 2 heteroatoms. The number of hydrogen-bond donors (Lipinski definition) is 0. The highest BCUT2D eigenvalue weighted by Gasteiger charge is 2.37. The summed E-state index contributed by atoms with van der Waals surface area (Å²) in [7, 11) is 2.12. The van der Waals surface area contributed by atoms with Crippen molar-refractivity contribution in [1.29, 1.82) is 5.26 Å². The molecule has 0 aliphatic heterocycles. The molecule has 0 bridgehead atoms. The molecule has 0 radical (unpaired) electrons. The Morgan fingerprint density at radius 1 is 1.14 bits per heavy atom. The molecule has 0 heterocycles. The van der Waals surface area contributed by atoms with E-state index in [-0.39, 0.29) is 5.92 Å². The molecule has 2 nitrogen and oxygen atoms in total. The number of hydrogen-bond acceptors (Lipinski definition) is 2. The third kappa shape index (κ3) is 3.00. The van der Waals surface area contributed by atoms with E-state index in [1.54, 1.807) is 0 Å². The Labute approximate surface area is 134 Å². The predicted molar refractivity (Wildman–Crippen MR) is 93.9 cm³/mol. The van der Waals surface area contributed by atoms with Crippen LogP contribution in [-0.2, 0) is 5.41 Å². The van der Waals surface area contributed by atoms with Gasteiger partial charge in [0.1, 0.15) is 0 Å². The lowest BCUT2D eigenvalue weighted by Gasteiger charge is -2.34. The van der Waals surface area contributed by atoms with E-state index < -0.39 is 5.41 Å². The van der Waals surface area contributed by atoms with Gasteiger partial charge in [0, 0.05) is 0 Å². The van der Waals surface area contributed by atoms with E-state index in [2.05, 4.69) is 81.3 Å². The summed E-state index contributed by atoms with van der Waals surface area (Å²) in [5, 5.41) is 12.5. The van der Waals surface area contributed by atoms with E-state index in [1.807, 2.05) is 0 Å². The quantitative estimate of drug-likeness (QED) is 0.778. The van der Waals surface area contributed by atoms with Crippen LogP contribution in [0.5, 0.6) is 0 Å². The lowest BCUT2D eigenvalue weighted by Crippen LogP contribution is -2.35. The second-order valence-corrected chi connectivity index (χ2v) is 6.41. The Bertz CT molecular complexity index is 663. The Hall–Kier alpha value is -1.85. The lowest BCUT2D eigenvalue weighted by atomic mass is 9.69. The zero-order valence-electron chi connectivity index (χ0n) is 14.1. The van der Waals surface area contributed by atoms with Crippen molar-refractivity contribution in [2.24, 2.45) is 5.92 Å². The first kappa shape index (κ1) is 16.5. The fourth-order valence-electron chi connectivity index (χ4n) is 3.12. The van der Waals surface area contributed by atoms with Crippen LogP contribution in [0.15, 0.2) is 42.5 Å². The van der Waals surface area contributed by atoms with Gasteiger partial charge in [0.05, 0.1) is 11.5 Å². The second-order valence-electron chi connectivity index (χ2n) is 6.41. The summed E-state index contributed by atoms with van der Waals surface area (Å²) in [6, 6.07) is 17.4. The van der Waals surface area contributed by atoms with Gasteiger partial charge < -0.3 is 4.90 Å². The SMILES string of the molecule is CCN(C)CC[C@@](C#N)(c1cccc2ccccc12)C(C)C. The Kier molecular flexibility index (Phi) is 5.21. The number of benzene rings is 2. The first-order valence-electron chi connectivity index (χ1n) is 8.13. The van der Waals surface area contributed by atoms with Crippen LogP contribution in [0.3, 0.4) is 0 Å². The normalized spacial score (nSPS) is 14.2. The maximum atomic E-state index is 10.1. The van der Waals surface area contributed by atoms with E-state index in [0.29, 0.717) is 0 Å².